The fourth-order valence-corrected chi connectivity index (χ4v) is 9.37. The van der Waals surface area contributed by atoms with Crippen molar-refractivity contribution >= 4 is 61.0 Å². The lowest BCUT2D eigenvalue weighted by Crippen LogP contribution is -2.28. The number of nitrogens with zero attached hydrogens (tertiary/aromatic N) is 2. The van der Waals surface area contributed by atoms with E-state index in [4.69, 9.17) is 16.9 Å². The molecule has 0 spiro atoms. The highest BCUT2D eigenvalue weighted by molar-refractivity contribution is 7.94. The average molecular weight is 808 g/mol. The Morgan fingerprint density at radius 3 is 2.40 bits per heavy atom. The lowest BCUT2D eigenvalue weighted by Gasteiger charge is -2.27. The third-order valence-corrected chi connectivity index (χ3v) is 13.0. The number of rotatable bonds is 16. The summed E-state index contributed by atoms with van der Waals surface area (Å²) in [6, 6.07) is 13.0. The highest BCUT2D eigenvalue weighted by Gasteiger charge is 2.44. The van der Waals surface area contributed by atoms with Crippen molar-refractivity contribution in [1.29, 1.82) is 0 Å². The van der Waals surface area contributed by atoms with Gasteiger partial charge in [0.05, 0.1) is 16.1 Å². The monoisotopic (exact) mass is 807 g/mol. The first kappa shape index (κ1) is 41.4. The fraction of sp³-hybridized carbons (Fsp3) is 0.447. The Kier molecular flexibility index (Phi) is 13.2. The summed E-state index contributed by atoms with van der Waals surface area (Å²) >= 11 is 8.21. The van der Waals surface area contributed by atoms with E-state index < -0.39 is 25.7 Å². The topological polar surface area (TPSA) is 154 Å². The smallest absolute Gasteiger partial charge is 0.294 e. The maximum atomic E-state index is 12.0. The predicted molar refractivity (Wildman–Crippen MR) is 210 cm³/mol. The molecule has 0 unspecified atom stereocenters. The second-order valence-electron chi connectivity index (χ2n) is 14.5. The van der Waals surface area contributed by atoms with Gasteiger partial charge in [-0.15, -0.1) is 4.33 Å². The number of halogens is 1. The summed E-state index contributed by atoms with van der Waals surface area (Å²) in [5.41, 5.74) is 7.09. The number of hydrogen-bond donors (Lipinski definition) is 3. The number of fused-ring (bicyclic) bond motifs is 2. The molecule has 0 saturated carbocycles. The maximum absolute atomic E-state index is 12.0. The molecule has 0 bridgehead atoms. The van der Waals surface area contributed by atoms with Crippen molar-refractivity contribution in [2.24, 2.45) is 0 Å². The third-order valence-electron chi connectivity index (χ3n) is 10.3. The number of benzene rings is 2. The van der Waals surface area contributed by atoms with Gasteiger partial charge < -0.3 is 4.90 Å². The zero-order valence-corrected chi connectivity index (χ0v) is 33.6. The molecule has 2 aliphatic heterocycles. The van der Waals surface area contributed by atoms with Gasteiger partial charge in [0.15, 0.2) is 5.71 Å². The van der Waals surface area contributed by atoms with Crippen molar-refractivity contribution in [2.75, 3.05) is 29.5 Å². The van der Waals surface area contributed by atoms with Crippen LogP contribution in [0.5, 0.6) is 0 Å². The van der Waals surface area contributed by atoms with Crippen molar-refractivity contribution in [3.8, 4) is 0 Å². The normalized spacial score (nSPS) is 20.0. The van der Waals surface area contributed by atoms with Crippen LogP contribution < -0.4 is 4.90 Å². The Morgan fingerprint density at radius 1 is 0.925 bits per heavy atom. The molecule has 15 heteroatoms. The number of hydrogen-bond acceptors (Lipinski definition) is 9. The van der Waals surface area contributed by atoms with E-state index in [0.29, 0.717) is 29.3 Å². The summed E-state index contributed by atoms with van der Waals surface area (Å²) in [5.74, 6) is 0.327. The Balaban J connectivity index is 1.46. The second-order valence-corrected chi connectivity index (χ2v) is 18.7. The Bertz CT molecular complexity index is 2090. The molecule has 1 aliphatic carbocycles. The van der Waals surface area contributed by atoms with Crippen LogP contribution >= 0.6 is 23.6 Å². The molecule has 2 aromatic rings. The van der Waals surface area contributed by atoms with E-state index >= 15 is 0 Å². The van der Waals surface area contributed by atoms with Gasteiger partial charge in [0.25, 0.3) is 20.2 Å². The summed E-state index contributed by atoms with van der Waals surface area (Å²) in [7, 11) is -8.53. The minimum atomic E-state index is -4.43. The molecule has 0 radical (unpaired) electrons. The lowest BCUT2D eigenvalue weighted by molar-refractivity contribution is -0.438. The lowest BCUT2D eigenvalue weighted by atomic mass is 9.81. The molecular weight excluding hydrogens is 760 g/mol. The maximum Gasteiger partial charge on any atom is 0.294 e. The minimum absolute atomic E-state index is 0.198. The van der Waals surface area contributed by atoms with Crippen molar-refractivity contribution in [1.82, 2.24) is 0 Å². The predicted octanol–water partition coefficient (Wildman–Crippen LogP) is 8.67. The molecule has 53 heavy (non-hydrogen) atoms. The van der Waals surface area contributed by atoms with Crippen molar-refractivity contribution in [2.45, 2.75) is 88.4 Å². The Morgan fingerprint density at radius 2 is 1.68 bits per heavy atom. The third kappa shape index (κ3) is 9.54. The van der Waals surface area contributed by atoms with Crippen molar-refractivity contribution in [3.05, 3.63) is 99.8 Å². The van der Waals surface area contributed by atoms with Gasteiger partial charge in [0.2, 0.25) is 5.69 Å². The fourth-order valence-electron chi connectivity index (χ4n) is 7.55. The van der Waals surface area contributed by atoms with Gasteiger partial charge in [0.1, 0.15) is 6.54 Å². The summed E-state index contributed by atoms with van der Waals surface area (Å²) in [6.45, 7) is 9.67. The summed E-state index contributed by atoms with van der Waals surface area (Å²) < 4.78 is 72.7. The SMILES string of the molecule is CC1(C)C(/C=C/C2=C(Cl)C(=C/C=C3/N(CCCCS(=O)(=O)O)c4ccc(S(=O)(=O)O)cc4C3(C)C)/CCC2)=[N+](CCCCSOOO)c2ccccc21. The standard InChI is InChI=1S/C38H47ClN2O9S3/c1-37(2)30-14-5-6-15-32(30)40(22-7-9-24-51-50-49-42)34(37)20-16-27-12-11-13-28(36(27)39)17-21-35-38(3,4)31-26-29(53(46,47)48)18-19-33(31)41(35)23-8-10-25-52(43,44)45/h5-6,14-21,26H,7-13,22-25H2,1-4H3,(H2-,42,43,44,45,46,47,48)/p+1. The van der Waals surface area contributed by atoms with Gasteiger partial charge in [-0.2, -0.15) is 21.4 Å². The molecule has 5 rings (SSSR count). The zero-order valence-electron chi connectivity index (χ0n) is 30.4. The van der Waals surface area contributed by atoms with E-state index in [1.165, 1.54) is 29.1 Å². The average Bonchev–Trinajstić information content (AvgIpc) is 3.44. The number of allylic oxidation sites excluding steroid dienone is 8. The van der Waals surface area contributed by atoms with E-state index in [-0.39, 0.29) is 22.5 Å². The summed E-state index contributed by atoms with van der Waals surface area (Å²) in [6.07, 6.45) is 13.3. The molecule has 3 aliphatic rings. The van der Waals surface area contributed by atoms with Crippen molar-refractivity contribution in [3.63, 3.8) is 0 Å². The molecule has 11 nitrogen and oxygen atoms in total. The van der Waals surface area contributed by atoms with E-state index in [0.717, 1.165) is 73.2 Å². The van der Waals surface area contributed by atoms with Crippen LogP contribution in [-0.2, 0) is 40.4 Å². The van der Waals surface area contributed by atoms with E-state index in [1.54, 1.807) is 6.07 Å². The van der Waals surface area contributed by atoms with E-state index in [9.17, 15) is 25.9 Å². The minimum Gasteiger partial charge on any atom is -0.344 e. The number of anilines is 1. The van der Waals surface area contributed by atoms with Gasteiger partial charge >= 0.3 is 0 Å². The molecular formula is C38H48ClN2O9S3+. The Labute approximate surface area is 322 Å². The highest BCUT2D eigenvalue weighted by atomic mass is 35.5. The largest absolute Gasteiger partial charge is 0.344 e. The molecule has 0 atom stereocenters. The molecule has 0 saturated heterocycles. The van der Waals surface area contributed by atoms with Crippen LogP contribution in [0.3, 0.4) is 0 Å². The van der Waals surface area contributed by atoms with Gasteiger partial charge in [-0.3, -0.25) is 9.11 Å². The number of unbranched alkanes of at least 4 members (excludes halogenated alkanes) is 2. The van der Waals surface area contributed by atoms with Crippen LogP contribution in [0.25, 0.3) is 0 Å². The summed E-state index contributed by atoms with van der Waals surface area (Å²) in [4.78, 5) is 1.85. The first-order valence-corrected chi connectivity index (χ1v) is 22.0. The molecule has 3 N–H and O–H groups in total. The van der Waals surface area contributed by atoms with Crippen molar-refractivity contribution < 1.29 is 45.1 Å². The molecule has 0 aromatic heterocycles. The summed E-state index contributed by atoms with van der Waals surface area (Å²) in [5, 5.41) is 12.8. The van der Waals surface area contributed by atoms with Gasteiger partial charge in [-0.25, -0.2) is 5.26 Å². The first-order chi connectivity index (χ1) is 25.0. The zero-order chi connectivity index (χ0) is 38.6. The highest BCUT2D eigenvalue weighted by Crippen LogP contribution is 2.49. The van der Waals surface area contributed by atoms with Crippen LogP contribution in [-0.4, -0.2) is 66.1 Å². The molecule has 0 amide bonds. The van der Waals surface area contributed by atoms with Crippen LogP contribution in [0.1, 0.15) is 83.8 Å². The van der Waals surface area contributed by atoms with Crippen LogP contribution in [0.15, 0.2) is 93.5 Å². The first-order valence-electron chi connectivity index (χ1n) is 17.6. The van der Waals surface area contributed by atoms with Crippen LogP contribution in [0.4, 0.5) is 11.4 Å². The second kappa shape index (κ2) is 16.9. The number of para-hydroxylation sites is 1. The quantitative estimate of drug-likeness (QED) is 0.0373. The van der Waals surface area contributed by atoms with E-state index in [2.05, 4.69) is 64.2 Å². The van der Waals surface area contributed by atoms with Gasteiger partial charge in [-0.05, 0) is 93.4 Å². The van der Waals surface area contributed by atoms with Crippen LogP contribution in [0.2, 0.25) is 0 Å². The molecule has 0 fully saturated rings. The molecule has 2 aromatic carbocycles. The van der Waals surface area contributed by atoms with Crippen LogP contribution in [0, 0.1) is 0 Å². The Hall–Kier alpha value is -2.79. The van der Waals surface area contributed by atoms with E-state index in [1.807, 2.05) is 30.9 Å². The van der Waals surface area contributed by atoms with Gasteiger partial charge in [0, 0.05) is 70.3 Å². The van der Waals surface area contributed by atoms with Gasteiger partial charge in [-0.1, -0.05) is 60.8 Å². The molecule has 288 valence electrons. The molecule has 2 heterocycles.